The minimum atomic E-state index is -3.14. The molecule has 1 unspecified atom stereocenters. The van der Waals surface area contributed by atoms with Crippen LogP contribution in [0.4, 0.5) is 8.78 Å². The summed E-state index contributed by atoms with van der Waals surface area (Å²) in [6.07, 6.45) is -1.83. The van der Waals surface area contributed by atoms with Crippen molar-refractivity contribution in [2.24, 2.45) is 0 Å². The van der Waals surface area contributed by atoms with Crippen molar-refractivity contribution in [2.75, 3.05) is 11.5 Å². The molecule has 1 aromatic rings. The number of halogens is 3. The van der Waals surface area contributed by atoms with Crippen LogP contribution < -0.4 is 4.74 Å². The summed E-state index contributed by atoms with van der Waals surface area (Å²) in [4.78, 5) is 0. The molecule has 1 atom stereocenters. The van der Waals surface area contributed by atoms with Gasteiger partial charge in [0.1, 0.15) is 11.9 Å². The molecule has 15 heavy (non-hydrogen) atoms. The van der Waals surface area contributed by atoms with E-state index in [0.29, 0.717) is 0 Å². The number of benzene rings is 1. The van der Waals surface area contributed by atoms with E-state index in [1.54, 1.807) is 40.8 Å². The van der Waals surface area contributed by atoms with Crippen LogP contribution in [0.2, 0.25) is 0 Å². The van der Waals surface area contributed by atoms with E-state index < -0.39 is 16.5 Å². The van der Waals surface area contributed by atoms with E-state index in [4.69, 9.17) is 4.74 Å². The zero-order valence-corrected chi connectivity index (χ0v) is 10.2. The van der Waals surface area contributed by atoms with Crippen molar-refractivity contribution >= 4 is 22.6 Å². The molecule has 2 nitrogen and oxygen atoms in total. The summed E-state index contributed by atoms with van der Waals surface area (Å²) in [7, 11) is 1.38. The van der Waals surface area contributed by atoms with Crippen LogP contribution in [0, 0.1) is 0 Å². The second-order valence-electron chi connectivity index (χ2n) is 3.04. The largest absolute Gasteiger partial charge is 0.496 e. The fourth-order valence-electron chi connectivity index (χ4n) is 1.19. The molecule has 1 rings (SSSR count). The summed E-state index contributed by atoms with van der Waals surface area (Å²) < 4.78 is 30.9. The molecular formula is C10H11F2IO2. The summed E-state index contributed by atoms with van der Waals surface area (Å²) >= 11 is 1.55. The standard InChI is InChI=1S/C10H11F2IO2/c1-15-8-5-3-2-4-7(8)9(14)10(11,12)6-13/h2-5,9,14H,6H2,1H3. The summed E-state index contributed by atoms with van der Waals surface area (Å²) in [5.41, 5.74) is 0.113. The molecule has 0 aliphatic heterocycles. The van der Waals surface area contributed by atoms with Crippen LogP contribution in [0.25, 0.3) is 0 Å². The SMILES string of the molecule is COc1ccccc1C(O)C(F)(F)CI. The molecule has 0 amide bonds. The van der Waals surface area contributed by atoms with Crippen LogP contribution in [0.15, 0.2) is 24.3 Å². The van der Waals surface area contributed by atoms with Crippen LogP contribution in [0.5, 0.6) is 5.75 Å². The summed E-state index contributed by atoms with van der Waals surface area (Å²) in [5, 5.41) is 9.53. The summed E-state index contributed by atoms with van der Waals surface area (Å²) in [6, 6.07) is 6.23. The lowest BCUT2D eigenvalue weighted by Crippen LogP contribution is -2.28. The molecule has 0 fully saturated rings. The maximum atomic E-state index is 13.2. The molecule has 0 aliphatic rings. The van der Waals surface area contributed by atoms with Crippen molar-refractivity contribution in [1.82, 2.24) is 0 Å². The first-order valence-electron chi connectivity index (χ1n) is 4.27. The van der Waals surface area contributed by atoms with Crippen LogP contribution in [-0.2, 0) is 0 Å². The van der Waals surface area contributed by atoms with Gasteiger partial charge in [-0.2, -0.15) is 0 Å². The molecule has 0 aliphatic carbocycles. The quantitative estimate of drug-likeness (QED) is 0.680. The van der Waals surface area contributed by atoms with Crippen molar-refractivity contribution in [2.45, 2.75) is 12.0 Å². The van der Waals surface area contributed by atoms with E-state index in [0.717, 1.165) is 0 Å². The third-order valence-corrected chi connectivity index (χ3v) is 3.03. The van der Waals surface area contributed by atoms with Crippen LogP contribution in [0.1, 0.15) is 11.7 Å². The predicted octanol–water partition coefficient (Wildman–Crippen LogP) is 2.80. The smallest absolute Gasteiger partial charge is 0.286 e. The lowest BCUT2D eigenvalue weighted by molar-refractivity contribution is -0.0898. The van der Waals surface area contributed by atoms with Crippen LogP contribution >= 0.6 is 22.6 Å². The molecule has 1 N–H and O–H groups in total. The molecule has 0 saturated heterocycles. The number of hydrogen-bond donors (Lipinski definition) is 1. The van der Waals surface area contributed by atoms with E-state index in [9.17, 15) is 13.9 Å². The molecular weight excluding hydrogens is 317 g/mol. The second kappa shape index (κ2) is 5.07. The first-order valence-corrected chi connectivity index (χ1v) is 5.80. The van der Waals surface area contributed by atoms with Crippen LogP contribution in [0.3, 0.4) is 0 Å². The molecule has 1 aromatic carbocycles. The fraction of sp³-hybridized carbons (Fsp3) is 0.400. The maximum absolute atomic E-state index is 13.2. The van der Waals surface area contributed by atoms with Gasteiger partial charge in [0.05, 0.1) is 11.5 Å². The number of alkyl halides is 3. The van der Waals surface area contributed by atoms with Crippen molar-refractivity contribution < 1.29 is 18.6 Å². The van der Waals surface area contributed by atoms with E-state index in [-0.39, 0.29) is 11.3 Å². The van der Waals surface area contributed by atoms with Gasteiger partial charge in [0.2, 0.25) is 0 Å². The average Bonchev–Trinajstić information content (AvgIpc) is 2.28. The summed E-state index contributed by atoms with van der Waals surface area (Å²) in [6.45, 7) is 0. The second-order valence-corrected chi connectivity index (χ2v) is 3.80. The van der Waals surface area contributed by atoms with Gasteiger partial charge >= 0.3 is 0 Å². The van der Waals surface area contributed by atoms with Gasteiger partial charge in [0.25, 0.3) is 5.92 Å². The highest BCUT2D eigenvalue weighted by Crippen LogP contribution is 2.36. The lowest BCUT2D eigenvalue weighted by atomic mass is 10.0. The Balaban J connectivity index is 3.05. The first-order chi connectivity index (χ1) is 7.03. The number of para-hydroxylation sites is 1. The molecule has 0 saturated carbocycles. The van der Waals surface area contributed by atoms with Crippen molar-refractivity contribution in [3.05, 3.63) is 29.8 Å². The van der Waals surface area contributed by atoms with Gasteiger partial charge in [-0.25, -0.2) is 8.78 Å². The van der Waals surface area contributed by atoms with Gasteiger partial charge in [-0.1, -0.05) is 40.8 Å². The lowest BCUT2D eigenvalue weighted by Gasteiger charge is -2.22. The Hall–Kier alpha value is -0.430. The van der Waals surface area contributed by atoms with Gasteiger partial charge in [-0.05, 0) is 6.07 Å². The predicted molar refractivity (Wildman–Crippen MR) is 61.8 cm³/mol. The Morgan fingerprint density at radius 1 is 1.47 bits per heavy atom. The number of aliphatic hydroxyl groups excluding tert-OH is 1. The molecule has 0 spiro atoms. The Labute approximate surface area is 100 Å². The van der Waals surface area contributed by atoms with Gasteiger partial charge in [0, 0.05) is 5.56 Å². The topological polar surface area (TPSA) is 29.5 Å². The minimum absolute atomic E-state index is 0.113. The molecule has 0 bridgehead atoms. The Morgan fingerprint density at radius 3 is 2.60 bits per heavy atom. The fourth-order valence-corrected chi connectivity index (χ4v) is 1.61. The molecule has 84 valence electrons. The van der Waals surface area contributed by atoms with E-state index >= 15 is 0 Å². The van der Waals surface area contributed by atoms with Crippen molar-refractivity contribution in [3.8, 4) is 5.75 Å². The monoisotopic (exact) mass is 328 g/mol. The van der Waals surface area contributed by atoms with Crippen molar-refractivity contribution in [1.29, 1.82) is 0 Å². The van der Waals surface area contributed by atoms with E-state index in [1.807, 2.05) is 0 Å². The number of hydrogen-bond acceptors (Lipinski definition) is 2. The number of rotatable bonds is 4. The minimum Gasteiger partial charge on any atom is -0.496 e. The first kappa shape index (κ1) is 12.6. The summed E-state index contributed by atoms with van der Waals surface area (Å²) in [5.74, 6) is -2.87. The molecule has 0 aromatic heterocycles. The van der Waals surface area contributed by atoms with Gasteiger partial charge in [0.15, 0.2) is 0 Å². The molecule has 5 heteroatoms. The number of methoxy groups -OCH3 is 1. The molecule has 0 heterocycles. The van der Waals surface area contributed by atoms with Gasteiger partial charge < -0.3 is 9.84 Å². The number of ether oxygens (including phenoxy) is 1. The van der Waals surface area contributed by atoms with E-state index in [1.165, 1.54) is 13.2 Å². The zero-order valence-electron chi connectivity index (χ0n) is 8.08. The van der Waals surface area contributed by atoms with Gasteiger partial charge in [-0.3, -0.25) is 0 Å². The maximum Gasteiger partial charge on any atom is 0.286 e. The number of aliphatic hydroxyl groups is 1. The zero-order chi connectivity index (χ0) is 11.5. The highest BCUT2D eigenvalue weighted by atomic mass is 127. The van der Waals surface area contributed by atoms with Gasteiger partial charge in [-0.15, -0.1) is 0 Å². The molecule has 0 radical (unpaired) electrons. The third-order valence-electron chi connectivity index (χ3n) is 2.01. The third kappa shape index (κ3) is 2.78. The van der Waals surface area contributed by atoms with Crippen LogP contribution in [-0.4, -0.2) is 22.6 Å². The van der Waals surface area contributed by atoms with Crippen molar-refractivity contribution in [3.63, 3.8) is 0 Å². The highest BCUT2D eigenvalue weighted by Gasteiger charge is 2.39. The Bertz CT molecular complexity index is 331. The van der Waals surface area contributed by atoms with E-state index in [2.05, 4.69) is 0 Å². The Morgan fingerprint density at radius 2 is 2.07 bits per heavy atom. The average molecular weight is 328 g/mol. The Kier molecular flexibility index (Phi) is 4.27. The normalized spacial score (nSPS) is 13.7. The highest BCUT2D eigenvalue weighted by molar-refractivity contribution is 14.1.